The fraction of sp³-hybridized carbons (Fsp3) is 0.571. The van der Waals surface area contributed by atoms with Crippen LogP contribution in [-0.2, 0) is 6.54 Å². The Hall–Kier alpha value is -0.570. The van der Waals surface area contributed by atoms with Gasteiger partial charge in [-0.2, -0.15) is 0 Å². The summed E-state index contributed by atoms with van der Waals surface area (Å²) in [6.45, 7) is 7.38. The highest BCUT2D eigenvalue weighted by Crippen LogP contribution is 2.18. The van der Waals surface area contributed by atoms with E-state index in [1.165, 1.54) is 11.1 Å². The molecule has 0 heterocycles. The number of hydrogen-bond donors (Lipinski definition) is 2. The summed E-state index contributed by atoms with van der Waals surface area (Å²) in [5, 5.41) is 13.4. The second-order valence-corrected chi connectivity index (χ2v) is 5.25. The average molecular weight is 256 g/mol. The summed E-state index contributed by atoms with van der Waals surface area (Å²) in [4.78, 5) is 0. The SMILES string of the molecule is CCC(C)(CCO)NCc1ccc(Cl)cc1C. The highest BCUT2D eigenvalue weighted by atomic mass is 35.5. The fourth-order valence-corrected chi connectivity index (χ4v) is 2.03. The van der Waals surface area contributed by atoms with E-state index in [2.05, 4.69) is 32.2 Å². The average Bonchev–Trinajstić information content (AvgIpc) is 2.28. The van der Waals surface area contributed by atoms with Crippen molar-refractivity contribution in [2.24, 2.45) is 0 Å². The first-order valence-electron chi connectivity index (χ1n) is 6.11. The molecule has 0 fully saturated rings. The number of rotatable bonds is 6. The Balaban J connectivity index is 2.65. The minimum Gasteiger partial charge on any atom is -0.396 e. The molecule has 17 heavy (non-hydrogen) atoms. The molecule has 0 saturated carbocycles. The number of aliphatic hydroxyl groups is 1. The lowest BCUT2D eigenvalue weighted by Crippen LogP contribution is -2.42. The Kier molecular flexibility index (Phi) is 5.44. The zero-order chi connectivity index (χ0) is 12.9. The van der Waals surface area contributed by atoms with Crippen LogP contribution in [0.3, 0.4) is 0 Å². The molecular weight excluding hydrogens is 234 g/mol. The van der Waals surface area contributed by atoms with Crippen molar-refractivity contribution in [1.29, 1.82) is 0 Å². The predicted octanol–water partition coefficient (Wildman–Crippen LogP) is 3.29. The molecule has 0 saturated heterocycles. The Morgan fingerprint density at radius 3 is 2.65 bits per heavy atom. The summed E-state index contributed by atoms with van der Waals surface area (Å²) in [6.07, 6.45) is 1.77. The molecule has 1 rings (SSSR count). The van der Waals surface area contributed by atoms with Gasteiger partial charge in [0.15, 0.2) is 0 Å². The third-order valence-corrected chi connectivity index (χ3v) is 3.69. The van der Waals surface area contributed by atoms with E-state index < -0.39 is 0 Å². The van der Waals surface area contributed by atoms with E-state index in [9.17, 15) is 0 Å². The quantitative estimate of drug-likeness (QED) is 0.818. The third-order valence-electron chi connectivity index (χ3n) is 3.45. The molecular formula is C14H22ClNO. The minimum absolute atomic E-state index is 0.000820. The van der Waals surface area contributed by atoms with Crippen LogP contribution in [0.5, 0.6) is 0 Å². The maximum Gasteiger partial charge on any atom is 0.0448 e. The van der Waals surface area contributed by atoms with Crippen molar-refractivity contribution in [1.82, 2.24) is 5.32 Å². The van der Waals surface area contributed by atoms with E-state index in [0.29, 0.717) is 0 Å². The molecule has 2 nitrogen and oxygen atoms in total. The van der Waals surface area contributed by atoms with Gasteiger partial charge >= 0.3 is 0 Å². The Morgan fingerprint density at radius 1 is 1.41 bits per heavy atom. The van der Waals surface area contributed by atoms with Crippen molar-refractivity contribution >= 4 is 11.6 Å². The monoisotopic (exact) mass is 255 g/mol. The van der Waals surface area contributed by atoms with Crippen molar-refractivity contribution in [3.05, 3.63) is 34.3 Å². The summed E-state index contributed by atoms with van der Waals surface area (Å²) in [6, 6.07) is 5.95. The standard InChI is InChI=1S/C14H22ClNO/c1-4-14(3,7-8-17)16-10-12-5-6-13(15)9-11(12)2/h5-6,9,16-17H,4,7-8,10H2,1-3H3. The molecule has 0 spiro atoms. The molecule has 0 aromatic heterocycles. The summed E-state index contributed by atoms with van der Waals surface area (Å²) in [5.74, 6) is 0. The highest BCUT2D eigenvalue weighted by Gasteiger charge is 2.20. The van der Waals surface area contributed by atoms with Gasteiger partial charge in [-0.1, -0.05) is 24.6 Å². The van der Waals surface area contributed by atoms with Crippen LogP contribution in [0.15, 0.2) is 18.2 Å². The van der Waals surface area contributed by atoms with Gasteiger partial charge in [0.25, 0.3) is 0 Å². The first-order chi connectivity index (χ1) is 8.00. The third kappa shape index (κ3) is 4.30. The Morgan fingerprint density at radius 2 is 2.12 bits per heavy atom. The number of halogens is 1. The molecule has 1 atom stereocenters. The maximum absolute atomic E-state index is 9.06. The topological polar surface area (TPSA) is 32.3 Å². The lowest BCUT2D eigenvalue weighted by Gasteiger charge is -2.29. The summed E-state index contributed by atoms with van der Waals surface area (Å²) < 4.78 is 0. The molecule has 3 heteroatoms. The van der Waals surface area contributed by atoms with Crippen LogP contribution >= 0.6 is 11.6 Å². The molecule has 0 aliphatic heterocycles. The number of hydrogen-bond acceptors (Lipinski definition) is 2. The van der Waals surface area contributed by atoms with E-state index in [1.807, 2.05) is 12.1 Å². The van der Waals surface area contributed by atoms with Gasteiger partial charge in [-0.3, -0.25) is 0 Å². The van der Waals surface area contributed by atoms with Crippen molar-refractivity contribution in [2.45, 2.75) is 45.7 Å². The smallest absolute Gasteiger partial charge is 0.0448 e. The summed E-state index contributed by atoms with van der Waals surface area (Å²) in [7, 11) is 0. The van der Waals surface area contributed by atoms with Gasteiger partial charge < -0.3 is 10.4 Å². The van der Waals surface area contributed by atoms with Crippen LogP contribution in [0.4, 0.5) is 0 Å². The van der Waals surface area contributed by atoms with Gasteiger partial charge in [-0.25, -0.2) is 0 Å². The minimum atomic E-state index is 0.000820. The van der Waals surface area contributed by atoms with Crippen LogP contribution in [0.2, 0.25) is 5.02 Å². The van der Waals surface area contributed by atoms with Crippen molar-refractivity contribution < 1.29 is 5.11 Å². The van der Waals surface area contributed by atoms with Gasteiger partial charge in [-0.15, -0.1) is 0 Å². The lowest BCUT2D eigenvalue weighted by molar-refractivity contribution is 0.214. The van der Waals surface area contributed by atoms with Gasteiger partial charge in [0, 0.05) is 23.7 Å². The van der Waals surface area contributed by atoms with Crippen molar-refractivity contribution in [3.63, 3.8) is 0 Å². The highest BCUT2D eigenvalue weighted by molar-refractivity contribution is 6.30. The van der Waals surface area contributed by atoms with Crippen molar-refractivity contribution in [3.8, 4) is 0 Å². The molecule has 1 aromatic rings. The molecule has 0 aliphatic rings. The first kappa shape index (κ1) is 14.5. The number of benzene rings is 1. The molecule has 0 amide bonds. The molecule has 0 bridgehead atoms. The van der Waals surface area contributed by atoms with Crippen LogP contribution in [-0.4, -0.2) is 17.3 Å². The number of aliphatic hydroxyl groups excluding tert-OH is 1. The Bertz CT molecular complexity index is 367. The van der Waals surface area contributed by atoms with Crippen LogP contribution < -0.4 is 5.32 Å². The van der Waals surface area contributed by atoms with Gasteiger partial charge in [0.2, 0.25) is 0 Å². The molecule has 0 radical (unpaired) electrons. The fourth-order valence-electron chi connectivity index (χ4n) is 1.80. The van der Waals surface area contributed by atoms with Gasteiger partial charge in [0.05, 0.1) is 0 Å². The maximum atomic E-state index is 9.06. The van der Waals surface area contributed by atoms with Crippen LogP contribution in [0, 0.1) is 6.92 Å². The second-order valence-electron chi connectivity index (χ2n) is 4.81. The zero-order valence-corrected chi connectivity index (χ0v) is 11.6. The normalized spacial score (nSPS) is 14.6. The summed E-state index contributed by atoms with van der Waals surface area (Å²) in [5.41, 5.74) is 2.46. The predicted molar refractivity (Wildman–Crippen MR) is 73.4 cm³/mol. The van der Waals surface area contributed by atoms with Crippen molar-refractivity contribution in [2.75, 3.05) is 6.61 Å². The largest absolute Gasteiger partial charge is 0.396 e. The summed E-state index contributed by atoms with van der Waals surface area (Å²) >= 11 is 5.93. The molecule has 1 aromatic carbocycles. The number of nitrogens with one attached hydrogen (secondary N) is 1. The van der Waals surface area contributed by atoms with E-state index >= 15 is 0 Å². The second kappa shape index (κ2) is 6.39. The van der Waals surface area contributed by atoms with E-state index in [-0.39, 0.29) is 12.1 Å². The van der Waals surface area contributed by atoms with E-state index in [1.54, 1.807) is 0 Å². The van der Waals surface area contributed by atoms with Gasteiger partial charge in [-0.05, 0) is 49.9 Å². The molecule has 96 valence electrons. The zero-order valence-electron chi connectivity index (χ0n) is 10.9. The Labute approximate surface area is 109 Å². The van der Waals surface area contributed by atoms with Gasteiger partial charge in [0.1, 0.15) is 0 Å². The van der Waals surface area contributed by atoms with E-state index in [0.717, 1.165) is 24.4 Å². The van der Waals surface area contributed by atoms with Crippen LogP contribution in [0.25, 0.3) is 0 Å². The number of aryl methyl sites for hydroxylation is 1. The molecule has 2 N–H and O–H groups in total. The molecule has 0 aliphatic carbocycles. The first-order valence-corrected chi connectivity index (χ1v) is 6.49. The van der Waals surface area contributed by atoms with Crippen LogP contribution in [0.1, 0.15) is 37.8 Å². The lowest BCUT2D eigenvalue weighted by atomic mass is 9.94. The van der Waals surface area contributed by atoms with E-state index in [4.69, 9.17) is 16.7 Å². The molecule has 1 unspecified atom stereocenters.